The number of carbonyl (C=O) groups is 1. The van der Waals surface area contributed by atoms with E-state index >= 15 is 0 Å². The number of hydrogen-bond acceptors (Lipinski definition) is 3. The molecule has 0 aliphatic carbocycles. The van der Waals surface area contributed by atoms with Gasteiger partial charge in [-0.2, -0.15) is 13.2 Å². The number of aryl methyl sites for hydroxylation is 1. The minimum atomic E-state index is -4.42. The molecular formula is C16H11F3N2OS. The maximum atomic E-state index is 12.5. The molecule has 23 heavy (non-hydrogen) atoms. The molecule has 1 heterocycles. The first-order valence-electron chi connectivity index (χ1n) is 6.69. The maximum absolute atomic E-state index is 12.5. The second-order valence-corrected chi connectivity index (χ2v) is 6.05. The van der Waals surface area contributed by atoms with Crippen LogP contribution in [0.5, 0.6) is 0 Å². The van der Waals surface area contributed by atoms with E-state index in [1.54, 1.807) is 0 Å². The largest absolute Gasteiger partial charge is 0.416 e. The molecule has 0 atom stereocenters. The summed E-state index contributed by atoms with van der Waals surface area (Å²) in [5.74, 6) is -0.491. The molecule has 3 aromatic rings. The van der Waals surface area contributed by atoms with Gasteiger partial charge in [0.1, 0.15) is 0 Å². The van der Waals surface area contributed by atoms with Gasteiger partial charge < -0.3 is 0 Å². The van der Waals surface area contributed by atoms with Crippen molar-refractivity contribution < 1.29 is 18.0 Å². The number of alkyl halides is 3. The molecule has 1 N–H and O–H groups in total. The normalized spacial score (nSPS) is 11.7. The number of rotatable bonds is 2. The smallest absolute Gasteiger partial charge is 0.298 e. The number of thiazole rings is 1. The molecule has 0 saturated carbocycles. The molecule has 7 heteroatoms. The number of fused-ring (bicyclic) bond motifs is 1. The number of nitrogens with one attached hydrogen (secondary N) is 1. The molecule has 0 unspecified atom stereocenters. The zero-order valence-electron chi connectivity index (χ0n) is 11.9. The molecule has 3 nitrogen and oxygen atoms in total. The number of benzene rings is 2. The summed E-state index contributed by atoms with van der Waals surface area (Å²) < 4.78 is 38.5. The SMILES string of the molecule is Cc1ccc2nc(NC(=O)c3ccc(C(F)(F)F)cc3)sc2c1. The first-order chi connectivity index (χ1) is 10.8. The predicted molar refractivity (Wildman–Crippen MR) is 83.8 cm³/mol. The Kier molecular flexibility index (Phi) is 3.81. The number of carbonyl (C=O) groups excluding carboxylic acids is 1. The van der Waals surface area contributed by atoms with Gasteiger partial charge >= 0.3 is 6.18 Å². The second-order valence-electron chi connectivity index (χ2n) is 5.02. The van der Waals surface area contributed by atoms with Crippen LogP contribution in [0.4, 0.5) is 18.3 Å². The van der Waals surface area contributed by atoms with Gasteiger partial charge in [-0.25, -0.2) is 4.98 Å². The summed E-state index contributed by atoms with van der Waals surface area (Å²) in [6.45, 7) is 1.96. The van der Waals surface area contributed by atoms with Gasteiger partial charge in [0.2, 0.25) is 0 Å². The van der Waals surface area contributed by atoms with Crippen LogP contribution >= 0.6 is 11.3 Å². The lowest BCUT2D eigenvalue weighted by molar-refractivity contribution is -0.137. The molecule has 0 aliphatic rings. The quantitative estimate of drug-likeness (QED) is 0.725. The van der Waals surface area contributed by atoms with Crippen LogP contribution in [0.3, 0.4) is 0 Å². The van der Waals surface area contributed by atoms with E-state index < -0.39 is 17.6 Å². The third kappa shape index (κ3) is 3.34. The van der Waals surface area contributed by atoms with Crippen LogP contribution < -0.4 is 5.32 Å². The average molecular weight is 336 g/mol. The molecule has 3 rings (SSSR count). The highest BCUT2D eigenvalue weighted by atomic mass is 32.1. The van der Waals surface area contributed by atoms with E-state index in [0.717, 1.165) is 40.0 Å². The molecule has 2 aromatic carbocycles. The molecule has 1 amide bonds. The highest BCUT2D eigenvalue weighted by Gasteiger charge is 2.30. The van der Waals surface area contributed by atoms with Crippen LogP contribution in [0.2, 0.25) is 0 Å². The van der Waals surface area contributed by atoms with Crippen molar-refractivity contribution in [3.8, 4) is 0 Å². The van der Waals surface area contributed by atoms with E-state index in [1.807, 2.05) is 25.1 Å². The molecule has 0 aliphatic heterocycles. The van der Waals surface area contributed by atoms with Gasteiger partial charge in [0.15, 0.2) is 5.13 Å². The first-order valence-corrected chi connectivity index (χ1v) is 7.50. The van der Waals surface area contributed by atoms with Crippen LogP contribution in [-0.2, 0) is 6.18 Å². The first kappa shape index (κ1) is 15.5. The minimum absolute atomic E-state index is 0.147. The van der Waals surface area contributed by atoms with Gasteiger partial charge in [0.05, 0.1) is 15.8 Å². The number of aromatic nitrogens is 1. The van der Waals surface area contributed by atoms with Gasteiger partial charge in [0.25, 0.3) is 5.91 Å². The van der Waals surface area contributed by atoms with Crippen molar-refractivity contribution in [1.29, 1.82) is 0 Å². The molecule has 0 saturated heterocycles. The van der Waals surface area contributed by atoms with Crippen molar-refractivity contribution in [1.82, 2.24) is 4.98 Å². The van der Waals surface area contributed by atoms with Gasteiger partial charge in [-0.1, -0.05) is 17.4 Å². The molecule has 0 fully saturated rings. The fraction of sp³-hybridized carbons (Fsp3) is 0.125. The zero-order valence-corrected chi connectivity index (χ0v) is 12.8. The third-order valence-electron chi connectivity index (χ3n) is 3.24. The van der Waals surface area contributed by atoms with E-state index in [2.05, 4.69) is 10.3 Å². The average Bonchev–Trinajstić information content (AvgIpc) is 2.87. The summed E-state index contributed by atoms with van der Waals surface area (Å²) in [4.78, 5) is 16.4. The van der Waals surface area contributed by atoms with Gasteiger partial charge in [-0.15, -0.1) is 0 Å². The highest BCUT2D eigenvalue weighted by Crippen LogP contribution is 2.30. The van der Waals surface area contributed by atoms with Crippen molar-refractivity contribution in [2.75, 3.05) is 5.32 Å². The van der Waals surface area contributed by atoms with Crippen molar-refractivity contribution >= 4 is 32.6 Å². The van der Waals surface area contributed by atoms with Crippen molar-refractivity contribution in [3.05, 3.63) is 59.2 Å². The summed E-state index contributed by atoms with van der Waals surface area (Å²) in [5, 5.41) is 3.03. The van der Waals surface area contributed by atoms with Gasteiger partial charge in [-0.3, -0.25) is 10.1 Å². The number of amides is 1. The Morgan fingerprint density at radius 3 is 2.48 bits per heavy atom. The second kappa shape index (κ2) is 5.66. The van der Waals surface area contributed by atoms with E-state index in [4.69, 9.17) is 0 Å². The molecule has 0 radical (unpaired) electrons. The van der Waals surface area contributed by atoms with E-state index in [9.17, 15) is 18.0 Å². The van der Waals surface area contributed by atoms with Gasteiger partial charge in [-0.05, 0) is 48.9 Å². The number of hydrogen-bond donors (Lipinski definition) is 1. The fourth-order valence-corrected chi connectivity index (χ4v) is 3.02. The Bertz CT molecular complexity index is 869. The lowest BCUT2D eigenvalue weighted by Gasteiger charge is -2.07. The molecular weight excluding hydrogens is 325 g/mol. The van der Waals surface area contributed by atoms with Crippen molar-refractivity contribution in [2.24, 2.45) is 0 Å². The Morgan fingerprint density at radius 1 is 1.13 bits per heavy atom. The van der Waals surface area contributed by atoms with Crippen LogP contribution in [0.1, 0.15) is 21.5 Å². The highest BCUT2D eigenvalue weighted by molar-refractivity contribution is 7.22. The summed E-state index contributed by atoms with van der Waals surface area (Å²) in [5.41, 5.74) is 1.21. The summed E-state index contributed by atoms with van der Waals surface area (Å²) >= 11 is 1.32. The molecule has 1 aromatic heterocycles. The third-order valence-corrected chi connectivity index (χ3v) is 4.17. The number of anilines is 1. The Balaban J connectivity index is 1.80. The number of nitrogens with zero attached hydrogens (tertiary/aromatic N) is 1. The predicted octanol–water partition coefficient (Wildman–Crippen LogP) is 4.88. The topological polar surface area (TPSA) is 42.0 Å². The Morgan fingerprint density at radius 2 is 1.83 bits per heavy atom. The van der Waals surface area contributed by atoms with Crippen molar-refractivity contribution in [3.63, 3.8) is 0 Å². The van der Waals surface area contributed by atoms with E-state index in [-0.39, 0.29) is 5.56 Å². The molecule has 0 bridgehead atoms. The molecule has 118 valence electrons. The zero-order chi connectivity index (χ0) is 16.6. The van der Waals surface area contributed by atoms with Crippen LogP contribution in [0.25, 0.3) is 10.2 Å². The van der Waals surface area contributed by atoms with Crippen LogP contribution in [-0.4, -0.2) is 10.9 Å². The Labute approximate surface area is 133 Å². The lowest BCUT2D eigenvalue weighted by Crippen LogP contribution is -2.12. The standard InChI is InChI=1S/C16H11F3N2OS/c1-9-2-7-12-13(8-9)23-15(20-12)21-14(22)10-3-5-11(6-4-10)16(17,18)19/h2-8H,1H3,(H,20,21,22). The van der Waals surface area contributed by atoms with E-state index in [1.165, 1.54) is 11.3 Å². The maximum Gasteiger partial charge on any atom is 0.416 e. The van der Waals surface area contributed by atoms with Crippen LogP contribution in [0.15, 0.2) is 42.5 Å². The summed E-state index contributed by atoms with van der Waals surface area (Å²) in [6.07, 6.45) is -4.42. The van der Waals surface area contributed by atoms with Crippen LogP contribution in [0, 0.1) is 6.92 Å². The Hall–Kier alpha value is -2.41. The summed E-state index contributed by atoms with van der Waals surface area (Å²) in [6, 6.07) is 9.80. The monoisotopic (exact) mass is 336 g/mol. The van der Waals surface area contributed by atoms with Gasteiger partial charge in [0, 0.05) is 5.56 Å². The minimum Gasteiger partial charge on any atom is -0.298 e. The number of halogens is 3. The fourth-order valence-electron chi connectivity index (χ4n) is 2.07. The van der Waals surface area contributed by atoms with Crippen molar-refractivity contribution in [2.45, 2.75) is 13.1 Å². The lowest BCUT2D eigenvalue weighted by atomic mass is 10.1. The summed E-state index contributed by atoms with van der Waals surface area (Å²) in [7, 11) is 0. The molecule has 0 spiro atoms. The van der Waals surface area contributed by atoms with E-state index in [0.29, 0.717) is 5.13 Å².